The van der Waals surface area contributed by atoms with Crippen LogP contribution in [0.4, 0.5) is 4.39 Å². The zero-order chi connectivity index (χ0) is 14.5. The monoisotopic (exact) mass is 267 g/mol. The zero-order valence-electron chi connectivity index (χ0n) is 11.3. The Balaban J connectivity index is 2.35. The maximum atomic E-state index is 12.6. The lowest BCUT2D eigenvalue weighted by molar-refractivity contribution is -0.122. The summed E-state index contributed by atoms with van der Waals surface area (Å²) in [4.78, 5) is 26.5. The minimum absolute atomic E-state index is 0.134. The third kappa shape index (κ3) is 5.94. The van der Waals surface area contributed by atoms with E-state index in [2.05, 4.69) is 15.6 Å². The van der Waals surface area contributed by atoms with Gasteiger partial charge in [0.2, 0.25) is 11.9 Å². The highest BCUT2D eigenvalue weighted by molar-refractivity contribution is 5.94. The number of carbonyl (C=O) groups excluding carboxylic acids is 2. The van der Waals surface area contributed by atoms with E-state index in [9.17, 15) is 14.0 Å². The van der Waals surface area contributed by atoms with Crippen LogP contribution in [0.5, 0.6) is 0 Å². The summed E-state index contributed by atoms with van der Waals surface area (Å²) >= 11 is 0. The lowest BCUT2D eigenvalue weighted by Crippen LogP contribution is -2.42. The second-order valence-electron chi connectivity index (χ2n) is 5.17. The second kappa shape index (κ2) is 6.26. The number of nitrogens with one attached hydrogen (secondary N) is 2. The highest BCUT2D eigenvalue weighted by Gasteiger charge is 2.13. The molecule has 1 heterocycles. The number of amides is 2. The molecule has 0 aliphatic carbocycles. The molecule has 0 aliphatic heterocycles. The van der Waals surface area contributed by atoms with Crippen LogP contribution in [0.25, 0.3) is 0 Å². The van der Waals surface area contributed by atoms with Crippen LogP contribution in [0.1, 0.15) is 37.6 Å². The summed E-state index contributed by atoms with van der Waals surface area (Å²) < 4.78 is 12.6. The number of hydrogen-bond donors (Lipinski definition) is 2. The molecule has 0 aromatic carbocycles. The van der Waals surface area contributed by atoms with E-state index < -0.39 is 5.95 Å². The second-order valence-corrected chi connectivity index (χ2v) is 5.17. The lowest BCUT2D eigenvalue weighted by Gasteiger charge is -2.20. The Labute approximate surface area is 111 Å². The van der Waals surface area contributed by atoms with Crippen LogP contribution in [-0.4, -0.2) is 28.9 Å². The fourth-order valence-electron chi connectivity index (χ4n) is 1.38. The Morgan fingerprint density at radius 1 is 1.32 bits per heavy atom. The van der Waals surface area contributed by atoms with Crippen LogP contribution in [0, 0.1) is 5.95 Å². The molecule has 0 atom stereocenters. The quantitative estimate of drug-likeness (QED) is 0.807. The van der Waals surface area contributed by atoms with Gasteiger partial charge in [0.1, 0.15) is 0 Å². The minimum atomic E-state index is -0.638. The molecule has 0 saturated heterocycles. The molecule has 1 rings (SSSR count). The Kier molecular flexibility index (Phi) is 4.97. The maximum Gasteiger partial charge on any atom is 0.252 e. The predicted molar refractivity (Wildman–Crippen MR) is 69.0 cm³/mol. The van der Waals surface area contributed by atoms with E-state index in [0.717, 1.165) is 12.3 Å². The van der Waals surface area contributed by atoms with Crippen LogP contribution in [0.2, 0.25) is 0 Å². The van der Waals surface area contributed by atoms with Gasteiger partial charge in [0.25, 0.3) is 5.91 Å². The van der Waals surface area contributed by atoms with E-state index in [1.165, 1.54) is 6.07 Å². The van der Waals surface area contributed by atoms with E-state index in [0.29, 0.717) is 0 Å². The van der Waals surface area contributed by atoms with Crippen molar-refractivity contribution in [2.45, 2.75) is 32.7 Å². The number of nitrogens with zero attached hydrogens (tertiary/aromatic N) is 1. The van der Waals surface area contributed by atoms with E-state index >= 15 is 0 Å². The third-order valence-electron chi connectivity index (χ3n) is 2.14. The molecule has 0 unspecified atom stereocenters. The van der Waals surface area contributed by atoms with Gasteiger partial charge in [-0.1, -0.05) is 0 Å². The number of aromatic nitrogens is 1. The molecule has 0 spiro atoms. The van der Waals surface area contributed by atoms with Gasteiger partial charge in [0.05, 0.1) is 5.56 Å². The molecule has 0 saturated carbocycles. The first-order valence-corrected chi connectivity index (χ1v) is 5.99. The first-order chi connectivity index (χ1) is 8.78. The normalized spacial score (nSPS) is 10.9. The van der Waals surface area contributed by atoms with Gasteiger partial charge in [0, 0.05) is 24.7 Å². The van der Waals surface area contributed by atoms with E-state index in [1.54, 1.807) is 0 Å². The van der Waals surface area contributed by atoms with Crippen molar-refractivity contribution in [3.63, 3.8) is 0 Å². The van der Waals surface area contributed by atoms with Crippen LogP contribution in [0.3, 0.4) is 0 Å². The van der Waals surface area contributed by atoms with Crippen molar-refractivity contribution in [3.8, 4) is 0 Å². The van der Waals surface area contributed by atoms with E-state index in [-0.39, 0.29) is 35.9 Å². The molecule has 0 bridgehead atoms. The van der Waals surface area contributed by atoms with Crippen LogP contribution < -0.4 is 10.6 Å². The average molecular weight is 267 g/mol. The molecular weight excluding hydrogens is 249 g/mol. The molecule has 6 heteroatoms. The Morgan fingerprint density at radius 3 is 2.53 bits per heavy atom. The van der Waals surface area contributed by atoms with Crippen LogP contribution >= 0.6 is 0 Å². The summed E-state index contributed by atoms with van der Waals surface area (Å²) in [6, 6.07) is 2.45. The van der Waals surface area contributed by atoms with Gasteiger partial charge in [-0.3, -0.25) is 9.59 Å². The van der Waals surface area contributed by atoms with Gasteiger partial charge in [-0.15, -0.1) is 0 Å². The van der Waals surface area contributed by atoms with Gasteiger partial charge < -0.3 is 10.6 Å². The van der Waals surface area contributed by atoms with Gasteiger partial charge >= 0.3 is 0 Å². The average Bonchev–Trinajstić information content (AvgIpc) is 2.27. The third-order valence-corrected chi connectivity index (χ3v) is 2.14. The Hall–Kier alpha value is -1.98. The van der Waals surface area contributed by atoms with Gasteiger partial charge in [0.15, 0.2) is 0 Å². The summed E-state index contributed by atoms with van der Waals surface area (Å²) in [5, 5.41) is 5.36. The molecule has 19 heavy (non-hydrogen) atoms. The summed E-state index contributed by atoms with van der Waals surface area (Å²) in [5.41, 5.74) is -0.0280. The molecule has 1 aromatic heterocycles. The summed E-state index contributed by atoms with van der Waals surface area (Å²) in [6.45, 7) is 5.87. The molecule has 0 radical (unpaired) electrons. The van der Waals surface area contributed by atoms with Crippen molar-refractivity contribution >= 4 is 11.8 Å². The van der Waals surface area contributed by atoms with Gasteiger partial charge in [-0.25, -0.2) is 4.98 Å². The van der Waals surface area contributed by atoms with Crippen molar-refractivity contribution in [1.82, 2.24) is 15.6 Å². The van der Waals surface area contributed by atoms with Crippen molar-refractivity contribution in [2.75, 3.05) is 6.54 Å². The molecule has 2 amide bonds. The number of carbonyl (C=O) groups is 2. The van der Waals surface area contributed by atoms with Crippen molar-refractivity contribution in [3.05, 3.63) is 29.8 Å². The molecule has 104 valence electrons. The maximum absolute atomic E-state index is 12.6. The lowest BCUT2D eigenvalue weighted by atomic mass is 10.1. The first kappa shape index (κ1) is 15.1. The fourth-order valence-corrected chi connectivity index (χ4v) is 1.38. The topological polar surface area (TPSA) is 71.1 Å². The first-order valence-electron chi connectivity index (χ1n) is 5.99. The Morgan fingerprint density at radius 2 is 2.00 bits per heavy atom. The summed E-state index contributed by atoms with van der Waals surface area (Å²) in [5.74, 6) is -1.15. The predicted octanol–water partition coefficient (Wildman–Crippen LogP) is 1.26. The molecule has 2 N–H and O–H groups in total. The SMILES string of the molecule is CC(C)(C)NC(=O)CCNC(=O)c1ccc(F)nc1. The van der Waals surface area contributed by atoms with Crippen LogP contribution in [0.15, 0.2) is 18.3 Å². The highest BCUT2D eigenvalue weighted by atomic mass is 19.1. The van der Waals surface area contributed by atoms with Gasteiger partial charge in [-0.2, -0.15) is 4.39 Å². The Bertz CT molecular complexity index is 452. The van der Waals surface area contributed by atoms with Crippen molar-refractivity contribution in [1.29, 1.82) is 0 Å². The largest absolute Gasteiger partial charge is 0.351 e. The van der Waals surface area contributed by atoms with E-state index in [1.807, 2.05) is 20.8 Å². The number of hydrogen-bond acceptors (Lipinski definition) is 3. The summed E-state index contributed by atoms with van der Waals surface area (Å²) in [7, 11) is 0. The van der Waals surface area contributed by atoms with Crippen LogP contribution in [-0.2, 0) is 4.79 Å². The number of pyridine rings is 1. The molecule has 0 aliphatic rings. The standard InChI is InChI=1S/C13H18FN3O2/c1-13(2,3)17-11(18)6-7-15-12(19)9-4-5-10(14)16-8-9/h4-5,8H,6-7H2,1-3H3,(H,15,19)(H,17,18). The van der Waals surface area contributed by atoms with Gasteiger partial charge in [-0.05, 0) is 32.9 Å². The highest BCUT2D eigenvalue weighted by Crippen LogP contribution is 2.00. The molecule has 1 aromatic rings. The van der Waals surface area contributed by atoms with Crippen molar-refractivity contribution < 1.29 is 14.0 Å². The summed E-state index contributed by atoms with van der Waals surface area (Å²) in [6.07, 6.45) is 1.34. The molecular formula is C13H18FN3O2. The minimum Gasteiger partial charge on any atom is -0.351 e. The number of rotatable bonds is 4. The zero-order valence-corrected chi connectivity index (χ0v) is 11.3. The van der Waals surface area contributed by atoms with E-state index in [4.69, 9.17) is 0 Å². The molecule has 5 nitrogen and oxygen atoms in total. The fraction of sp³-hybridized carbons (Fsp3) is 0.462. The molecule has 0 fully saturated rings. The smallest absolute Gasteiger partial charge is 0.252 e. The van der Waals surface area contributed by atoms with Crippen molar-refractivity contribution in [2.24, 2.45) is 0 Å². The number of halogens is 1.